The zero-order valence-corrected chi connectivity index (χ0v) is 15.4. The van der Waals surface area contributed by atoms with Gasteiger partial charge in [0, 0.05) is 17.6 Å². The van der Waals surface area contributed by atoms with Crippen molar-refractivity contribution in [3.05, 3.63) is 46.3 Å². The Kier molecular flexibility index (Phi) is 7.13. The molecule has 1 aromatic carbocycles. The second-order valence-electron chi connectivity index (χ2n) is 5.81. The third-order valence-corrected chi connectivity index (χ3v) is 4.42. The van der Waals surface area contributed by atoms with Gasteiger partial charge < -0.3 is 19.9 Å². The molecule has 1 aromatic rings. The van der Waals surface area contributed by atoms with Gasteiger partial charge in [0.1, 0.15) is 18.2 Å². The van der Waals surface area contributed by atoms with E-state index < -0.39 is 46.7 Å². The lowest BCUT2D eigenvalue weighted by atomic mass is 9.96. The first-order valence-electron chi connectivity index (χ1n) is 7.88. The summed E-state index contributed by atoms with van der Waals surface area (Å²) in [5.41, 5.74) is 8.78. The van der Waals surface area contributed by atoms with Crippen LogP contribution in [0, 0.1) is 0 Å². The van der Waals surface area contributed by atoms with E-state index in [4.69, 9.17) is 19.2 Å². The number of hydrogen-bond donors (Lipinski definition) is 2. The lowest BCUT2D eigenvalue weighted by Gasteiger charge is -2.43. The Morgan fingerprint density at radius 2 is 2.07 bits per heavy atom. The van der Waals surface area contributed by atoms with Gasteiger partial charge in [-0.15, -0.1) is 0 Å². The molecule has 2 rings (SSSR count). The zero-order chi connectivity index (χ0) is 20.0. The van der Waals surface area contributed by atoms with Crippen LogP contribution in [0.15, 0.2) is 35.4 Å². The van der Waals surface area contributed by atoms with Gasteiger partial charge in [0.15, 0.2) is 6.29 Å². The lowest BCUT2D eigenvalue weighted by molar-refractivity contribution is -0.247. The largest absolute Gasteiger partial charge is 0.388 e. The molecule has 0 saturated carbocycles. The van der Waals surface area contributed by atoms with Gasteiger partial charge in [0.25, 0.3) is 16.0 Å². The molecular weight excluding hydrogens is 380 g/mol. The summed E-state index contributed by atoms with van der Waals surface area (Å²) >= 11 is 0. The molecule has 148 valence electrons. The third kappa shape index (κ3) is 5.63. The molecule has 1 heterocycles. The van der Waals surface area contributed by atoms with Crippen molar-refractivity contribution in [3.8, 4) is 0 Å². The number of benzene rings is 1. The molecule has 2 N–H and O–H groups in total. The van der Waals surface area contributed by atoms with Crippen LogP contribution in [-0.4, -0.2) is 70.0 Å². The van der Waals surface area contributed by atoms with Crippen molar-refractivity contribution in [2.24, 2.45) is 5.11 Å². The highest BCUT2D eigenvalue weighted by atomic mass is 32.2. The first-order chi connectivity index (χ1) is 12.8. The van der Waals surface area contributed by atoms with Crippen LogP contribution >= 0.6 is 0 Å². The number of aliphatic hydroxyl groups excluding tert-OH is 1. The van der Waals surface area contributed by atoms with Gasteiger partial charge in [-0.25, -0.2) is 0 Å². The van der Waals surface area contributed by atoms with Crippen LogP contribution in [0.25, 0.3) is 10.4 Å². The minimum atomic E-state index is -3.99. The van der Waals surface area contributed by atoms with E-state index >= 15 is 0 Å². The van der Waals surface area contributed by atoms with Crippen LogP contribution in [0.2, 0.25) is 0 Å². The molecule has 1 aliphatic rings. The molecule has 0 radical (unpaired) electrons. The first kappa shape index (κ1) is 21.1. The van der Waals surface area contributed by atoms with Gasteiger partial charge in [-0.1, -0.05) is 23.3 Å². The summed E-state index contributed by atoms with van der Waals surface area (Å²) < 4.78 is 39.0. The molecule has 1 aliphatic heterocycles. The monoisotopic (exact) mass is 400 g/mol. The van der Waals surface area contributed by atoms with Gasteiger partial charge in [-0.3, -0.25) is 8.98 Å². The van der Waals surface area contributed by atoms with Crippen molar-refractivity contribution < 1.29 is 32.0 Å². The molecule has 11 nitrogen and oxygen atoms in total. The van der Waals surface area contributed by atoms with E-state index in [0.717, 1.165) is 6.26 Å². The predicted octanol–water partition coefficient (Wildman–Crippen LogP) is 0.172. The fourth-order valence-electron chi connectivity index (χ4n) is 2.68. The minimum Gasteiger partial charge on any atom is -0.388 e. The van der Waals surface area contributed by atoms with E-state index in [9.17, 15) is 18.3 Å². The van der Waals surface area contributed by atoms with E-state index in [1.54, 1.807) is 30.3 Å². The van der Waals surface area contributed by atoms with Crippen molar-refractivity contribution in [2.75, 3.05) is 19.9 Å². The SMILES string of the molecule is CO[C@@H]1O[C@H](CN=[N+]=[N-])[C@@H](O)[C@H](OS(C)(=O)=O)[C@H]1NC(=O)c1ccccc1. The highest BCUT2D eigenvalue weighted by Crippen LogP contribution is 2.26. The van der Waals surface area contributed by atoms with Crippen molar-refractivity contribution in [1.82, 2.24) is 5.32 Å². The molecule has 1 fully saturated rings. The van der Waals surface area contributed by atoms with Crippen molar-refractivity contribution in [3.63, 3.8) is 0 Å². The smallest absolute Gasteiger partial charge is 0.264 e. The summed E-state index contributed by atoms with van der Waals surface area (Å²) in [5, 5.41) is 16.4. The Hall–Kier alpha value is -2.21. The number of nitrogens with one attached hydrogen (secondary N) is 1. The summed E-state index contributed by atoms with van der Waals surface area (Å²) in [6, 6.07) is 7.04. The zero-order valence-electron chi connectivity index (χ0n) is 14.6. The third-order valence-electron chi connectivity index (χ3n) is 3.85. The second kappa shape index (κ2) is 9.13. The maximum atomic E-state index is 12.5. The molecule has 0 aliphatic carbocycles. The number of azide groups is 1. The second-order valence-corrected chi connectivity index (χ2v) is 7.41. The van der Waals surface area contributed by atoms with Gasteiger partial charge in [-0.05, 0) is 17.7 Å². The Bertz CT molecular complexity index is 798. The normalized spacial score (nSPS) is 28.2. The molecular formula is C15H20N4O7S. The molecule has 0 bridgehead atoms. The van der Waals surface area contributed by atoms with Gasteiger partial charge >= 0.3 is 0 Å². The van der Waals surface area contributed by atoms with E-state index in [1.807, 2.05) is 0 Å². The van der Waals surface area contributed by atoms with Gasteiger partial charge in [0.2, 0.25) is 0 Å². The van der Waals surface area contributed by atoms with Crippen LogP contribution in [0.5, 0.6) is 0 Å². The van der Waals surface area contributed by atoms with Gasteiger partial charge in [0.05, 0.1) is 18.9 Å². The Morgan fingerprint density at radius 3 is 2.63 bits per heavy atom. The summed E-state index contributed by atoms with van der Waals surface area (Å²) in [5.74, 6) is -0.533. The predicted molar refractivity (Wildman–Crippen MR) is 93.1 cm³/mol. The number of nitrogens with zero attached hydrogens (tertiary/aromatic N) is 3. The van der Waals surface area contributed by atoms with E-state index in [2.05, 4.69) is 15.3 Å². The van der Waals surface area contributed by atoms with Crippen LogP contribution in [0.1, 0.15) is 10.4 Å². The number of methoxy groups -OCH3 is 1. The number of rotatable bonds is 7. The molecule has 27 heavy (non-hydrogen) atoms. The molecule has 0 aromatic heterocycles. The Labute approximate surface area is 156 Å². The number of amides is 1. The fraction of sp³-hybridized carbons (Fsp3) is 0.533. The lowest BCUT2D eigenvalue weighted by Crippen LogP contribution is -2.65. The number of carbonyl (C=O) groups is 1. The van der Waals surface area contributed by atoms with Crippen molar-refractivity contribution >= 4 is 16.0 Å². The molecule has 12 heteroatoms. The molecule has 5 atom stereocenters. The molecule has 0 spiro atoms. The van der Waals surface area contributed by atoms with Crippen LogP contribution in [0.3, 0.4) is 0 Å². The van der Waals surface area contributed by atoms with Crippen LogP contribution in [-0.2, 0) is 23.8 Å². The molecule has 0 unspecified atom stereocenters. The van der Waals surface area contributed by atoms with E-state index in [0.29, 0.717) is 5.56 Å². The topological polar surface area (TPSA) is 160 Å². The number of aliphatic hydroxyl groups is 1. The van der Waals surface area contributed by atoms with E-state index in [-0.39, 0.29) is 6.54 Å². The summed E-state index contributed by atoms with van der Waals surface area (Å²) in [6.07, 6.45) is -4.33. The minimum absolute atomic E-state index is 0.277. The quantitative estimate of drug-likeness (QED) is 0.285. The molecule has 1 saturated heterocycles. The van der Waals surface area contributed by atoms with Crippen molar-refractivity contribution in [2.45, 2.75) is 30.6 Å². The molecule has 1 amide bonds. The van der Waals surface area contributed by atoms with E-state index in [1.165, 1.54) is 7.11 Å². The Balaban J connectivity index is 2.31. The van der Waals surface area contributed by atoms with Crippen LogP contribution < -0.4 is 5.32 Å². The highest BCUT2D eigenvalue weighted by molar-refractivity contribution is 7.86. The first-order valence-corrected chi connectivity index (χ1v) is 9.70. The average molecular weight is 400 g/mol. The maximum absolute atomic E-state index is 12.5. The summed E-state index contributed by atoms with van der Waals surface area (Å²) in [7, 11) is -2.71. The summed E-state index contributed by atoms with van der Waals surface area (Å²) in [4.78, 5) is 15.1. The summed E-state index contributed by atoms with van der Waals surface area (Å²) in [6.45, 7) is -0.277. The number of carbonyl (C=O) groups excluding carboxylic acids is 1. The fourth-order valence-corrected chi connectivity index (χ4v) is 3.32. The highest BCUT2D eigenvalue weighted by Gasteiger charge is 2.48. The Morgan fingerprint density at radius 1 is 1.41 bits per heavy atom. The average Bonchev–Trinajstić information content (AvgIpc) is 2.63. The van der Waals surface area contributed by atoms with Crippen molar-refractivity contribution in [1.29, 1.82) is 0 Å². The number of hydrogen-bond acceptors (Lipinski definition) is 8. The number of ether oxygens (including phenoxy) is 2. The van der Waals surface area contributed by atoms with Crippen LogP contribution in [0.4, 0.5) is 0 Å². The van der Waals surface area contributed by atoms with Gasteiger partial charge in [-0.2, -0.15) is 8.42 Å². The maximum Gasteiger partial charge on any atom is 0.264 e. The standard InChI is InChI=1S/C15H20N4O7S/c1-24-15-11(18-14(21)9-6-4-3-5-7-9)13(26-27(2,22)23)12(20)10(25-15)8-17-19-16/h3-7,10-13,15,20H,8H2,1-2H3,(H,18,21)/t10-,11-,12-,13-,15-/m1/s1.